The molecule has 0 radical (unpaired) electrons. The molecule has 1 heterocycles. The summed E-state index contributed by atoms with van der Waals surface area (Å²) in [4.78, 5) is 26.6. The Balaban J connectivity index is 2.41. The van der Waals surface area contributed by atoms with Crippen molar-refractivity contribution in [2.75, 3.05) is 0 Å². The van der Waals surface area contributed by atoms with E-state index in [0.29, 0.717) is 0 Å². The fraction of sp³-hybridized carbons (Fsp3) is 0.579. The van der Waals surface area contributed by atoms with Gasteiger partial charge in [0.1, 0.15) is 11.6 Å². The second-order valence-electron chi connectivity index (χ2n) is 8.79. The Hall–Kier alpha value is -1.66. The van der Waals surface area contributed by atoms with Crippen LogP contribution < -0.4 is 0 Å². The highest BCUT2D eigenvalue weighted by molar-refractivity contribution is 6.70. The second kappa shape index (κ2) is 6.25. The van der Waals surface area contributed by atoms with Crippen molar-refractivity contribution in [3.63, 3.8) is 0 Å². The van der Waals surface area contributed by atoms with Crippen LogP contribution in [-0.4, -0.2) is 36.4 Å². The number of hydrogen-bond donors (Lipinski definition) is 0. The van der Waals surface area contributed by atoms with Crippen molar-refractivity contribution in [1.29, 1.82) is 0 Å². The number of β-lactam (4-membered cyclic amide) rings is 1. The molecule has 2 amide bonds. The molecule has 1 aliphatic heterocycles. The average molecular weight is 364 g/mol. The lowest BCUT2D eigenvalue weighted by Gasteiger charge is -2.54. The van der Waals surface area contributed by atoms with Crippen LogP contribution >= 0.6 is 0 Å². The molecule has 1 aromatic carbocycles. The van der Waals surface area contributed by atoms with Gasteiger partial charge in [-0.25, -0.2) is 9.69 Å². The summed E-state index contributed by atoms with van der Waals surface area (Å²) in [7, 11) is -2.00. The van der Waals surface area contributed by atoms with Gasteiger partial charge in [-0.15, -0.1) is 0 Å². The first kappa shape index (κ1) is 19.7. The molecule has 0 N–H and O–H groups in total. The molecule has 0 spiro atoms. The van der Waals surface area contributed by atoms with Crippen LogP contribution in [0.25, 0.3) is 0 Å². The van der Waals surface area contributed by atoms with E-state index in [9.17, 15) is 9.59 Å². The predicted molar refractivity (Wildman–Crippen MR) is 99.8 cm³/mol. The van der Waals surface area contributed by atoms with E-state index in [1.165, 1.54) is 4.90 Å². The van der Waals surface area contributed by atoms with Gasteiger partial charge in [0.15, 0.2) is 13.9 Å². The van der Waals surface area contributed by atoms with Crippen LogP contribution in [0.2, 0.25) is 19.6 Å². The third-order valence-electron chi connectivity index (χ3n) is 3.92. The first-order chi connectivity index (χ1) is 11.2. The molecule has 5 nitrogen and oxygen atoms in total. The molecule has 0 aromatic heterocycles. The summed E-state index contributed by atoms with van der Waals surface area (Å²) in [6, 6.07) is 7.34. The van der Waals surface area contributed by atoms with Crippen LogP contribution in [0.4, 0.5) is 4.79 Å². The van der Waals surface area contributed by atoms with Gasteiger partial charge in [-0.05, 0) is 59.8 Å². The third-order valence-corrected chi connectivity index (χ3v) is 4.96. The van der Waals surface area contributed by atoms with Crippen molar-refractivity contribution in [3.8, 4) is 0 Å². The van der Waals surface area contributed by atoms with E-state index < -0.39 is 31.7 Å². The fourth-order valence-corrected chi connectivity index (χ4v) is 4.58. The van der Waals surface area contributed by atoms with Gasteiger partial charge in [0, 0.05) is 0 Å². The topological polar surface area (TPSA) is 55.8 Å². The maximum atomic E-state index is 12.9. The number of carbonyl (C=O) groups excluding carboxylic acids is 2. The number of benzene rings is 1. The monoisotopic (exact) mass is 363 g/mol. The Kier molecular flexibility index (Phi) is 4.91. The number of ether oxygens (including phenoxy) is 1. The number of aryl methyl sites for hydroxylation is 1. The summed E-state index contributed by atoms with van der Waals surface area (Å²) >= 11 is 0. The number of amides is 2. The Morgan fingerprint density at radius 2 is 1.68 bits per heavy atom. The highest BCUT2D eigenvalue weighted by atomic mass is 28.4. The van der Waals surface area contributed by atoms with E-state index in [0.717, 1.165) is 11.1 Å². The molecule has 25 heavy (non-hydrogen) atoms. The van der Waals surface area contributed by atoms with Crippen molar-refractivity contribution < 1.29 is 18.8 Å². The van der Waals surface area contributed by atoms with Crippen molar-refractivity contribution in [1.82, 2.24) is 4.90 Å². The van der Waals surface area contributed by atoms with E-state index >= 15 is 0 Å². The maximum Gasteiger partial charge on any atom is 0.417 e. The molecular formula is C19H29NO4Si. The molecule has 0 aliphatic carbocycles. The molecule has 2 atom stereocenters. The van der Waals surface area contributed by atoms with Crippen molar-refractivity contribution in [2.45, 2.75) is 71.5 Å². The first-order valence-corrected chi connectivity index (χ1v) is 12.0. The Morgan fingerprint density at radius 1 is 1.16 bits per heavy atom. The van der Waals surface area contributed by atoms with Gasteiger partial charge >= 0.3 is 6.09 Å². The van der Waals surface area contributed by atoms with Crippen molar-refractivity contribution >= 4 is 20.3 Å². The van der Waals surface area contributed by atoms with E-state index in [2.05, 4.69) is 0 Å². The van der Waals surface area contributed by atoms with Gasteiger partial charge in [-0.2, -0.15) is 0 Å². The zero-order valence-electron chi connectivity index (χ0n) is 16.5. The molecule has 1 aliphatic rings. The van der Waals surface area contributed by atoms with E-state index in [1.54, 1.807) is 27.7 Å². The maximum absolute atomic E-state index is 12.9. The number of carbonyl (C=O) groups is 2. The van der Waals surface area contributed by atoms with Gasteiger partial charge in [0.25, 0.3) is 5.91 Å². The Morgan fingerprint density at radius 3 is 2.12 bits per heavy atom. The van der Waals surface area contributed by atoms with Gasteiger partial charge in [-0.3, -0.25) is 4.79 Å². The predicted octanol–water partition coefficient (Wildman–Crippen LogP) is 4.42. The SMILES string of the molecule is Cc1ccc([C@@H]2N(C(=O)OC(C)(C)C)C(=O)[C@]2(C)O[Si](C)(C)C)cc1. The zero-order valence-corrected chi connectivity index (χ0v) is 17.5. The third kappa shape index (κ3) is 4.12. The molecule has 138 valence electrons. The summed E-state index contributed by atoms with van der Waals surface area (Å²) in [5, 5.41) is 0. The lowest BCUT2D eigenvalue weighted by molar-refractivity contribution is -0.181. The summed E-state index contributed by atoms with van der Waals surface area (Å²) < 4.78 is 11.7. The number of nitrogens with zero attached hydrogens (tertiary/aromatic N) is 1. The zero-order chi connectivity index (χ0) is 19.2. The lowest BCUT2D eigenvalue weighted by Crippen LogP contribution is -2.71. The second-order valence-corrected chi connectivity index (χ2v) is 13.2. The molecule has 2 rings (SSSR count). The summed E-state index contributed by atoms with van der Waals surface area (Å²) in [5.74, 6) is -0.338. The number of likely N-dealkylation sites (tertiary alicyclic amines) is 1. The van der Waals surface area contributed by atoms with Crippen LogP contribution in [0, 0.1) is 6.92 Å². The molecular weight excluding hydrogens is 334 g/mol. The molecule has 1 aromatic rings. The molecule has 1 saturated heterocycles. The van der Waals surface area contributed by atoms with Gasteiger partial charge < -0.3 is 9.16 Å². The minimum atomic E-state index is -2.00. The highest BCUT2D eigenvalue weighted by Gasteiger charge is 2.63. The summed E-state index contributed by atoms with van der Waals surface area (Å²) in [5.41, 5.74) is 0.278. The largest absolute Gasteiger partial charge is 0.443 e. The van der Waals surface area contributed by atoms with Gasteiger partial charge in [-0.1, -0.05) is 29.8 Å². The Labute approximate surface area is 151 Å². The van der Waals surface area contributed by atoms with Gasteiger partial charge in [0.05, 0.1) is 0 Å². The number of rotatable bonds is 3. The smallest absolute Gasteiger partial charge is 0.417 e. The lowest BCUT2D eigenvalue weighted by atomic mass is 9.79. The van der Waals surface area contributed by atoms with Crippen molar-refractivity contribution in [3.05, 3.63) is 35.4 Å². The molecule has 0 saturated carbocycles. The summed E-state index contributed by atoms with van der Waals surface area (Å²) in [6.45, 7) is 15.2. The minimum Gasteiger partial charge on any atom is -0.443 e. The molecule has 0 bridgehead atoms. The van der Waals surface area contributed by atoms with Crippen LogP contribution in [0.15, 0.2) is 24.3 Å². The van der Waals surface area contributed by atoms with Gasteiger partial charge in [0.2, 0.25) is 0 Å². The van der Waals surface area contributed by atoms with Crippen LogP contribution in [0.1, 0.15) is 44.9 Å². The quantitative estimate of drug-likeness (QED) is 0.589. The molecule has 0 unspecified atom stereocenters. The van der Waals surface area contributed by atoms with E-state index in [4.69, 9.17) is 9.16 Å². The van der Waals surface area contributed by atoms with Crippen LogP contribution in [0.3, 0.4) is 0 Å². The minimum absolute atomic E-state index is 0.338. The molecule has 1 fully saturated rings. The Bertz CT molecular complexity index is 672. The first-order valence-electron chi connectivity index (χ1n) is 8.58. The standard InChI is InChI=1S/C19H29NO4Si/c1-13-9-11-14(12-10-13)15-19(5,24-25(6,7)8)16(21)20(15)17(22)23-18(2,3)4/h9-12,15H,1-8H3/t15-,19+/m0/s1. The average Bonchev–Trinajstić information content (AvgIpc) is 2.41. The molecule has 6 heteroatoms. The van der Waals surface area contributed by atoms with Crippen LogP contribution in [0.5, 0.6) is 0 Å². The summed E-state index contributed by atoms with van der Waals surface area (Å²) in [6.07, 6.45) is -0.625. The van der Waals surface area contributed by atoms with E-state index in [-0.39, 0.29) is 5.91 Å². The number of imide groups is 1. The van der Waals surface area contributed by atoms with Crippen LogP contribution in [-0.2, 0) is 14.0 Å². The normalized spacial score (nSPS) is 24.1. The number of hydrogen-bond acceptors (Lipinski definition) is 4. The van der Waals surface area contributed by atoms with Crippen molar-refractivity contribution in [2.24, 2.45) is 0 Å². The fourth-order valence-electron chi connectivity index (χ4n) is 3.10. The highest BCUT2D eigenvalue weighted by Crippen LogP contribution is 2.47. The van der Waals surface area contributed by atoms with E-state index in [1.807, 2.05) is 50.8 Å².